The van der Waals surface area contributed by atoms with Crippen molar-refractivity contribution in [2.45, 2.75) is 154 Å². The lowest BCUT2D eigenvalue weighted by atomic mass is 9.96. The molecule has 0 saturated carbocycles. The predicted octanol–water partition coefficient (Wildman–Crippen LogP) is -11.9. The van der Waals surface area contributed by atoms with Crippen LogP contribution in [-0.2, 0) is 42.6 Å². The van der Waals surface area contributed by atoms with Crippen LogP contribution < -0.4 is 0 Å². The first-order valence-corrected chi connectivity index (χ1v) is 17.6. The smallest absolute Gasteiger partial charge is 0.187 e. The largest absolute Gasteiger partial charge is 0.394 e. The zero-order valence-electron chi connectivity index (χ0n) is 29.2. The topological polar surface area (TPSA) is 427 Å². The van der Waals surface area contributed by atoms with E-state index in [-0.39, 0.29) is 0 Å². The summed E-state index contributed by atoms with van der Waals surface area (Å²) < 4.78 is 50.6. The molecule has 5 rings (SSSR count). The van der Waals surface area contributed by atoms with Gasteiger partial charge in [0, 0.05) is 0 Å². The van der Waals surface area contributed by atoms with E-state index in [0.717, 1.165) is 0 Å². The summed E-state index contributed by atoms with van der Waals surface area (Å²) in [7, 11) is 0. The van der Waals surface area contributed by atoms with Gasteiger partial charge in [0.15, 0.2) is 31.5 Å². The molecule has 5 aliphatic heterocycles. The summed E-state index contributed by atoms with van der Waals surface area (Å²) >= 11 is 0. The van der Waals surface area contributed by atoms with Gasteiger partial charge in [-0.05, 0) is 0 Å². The highest BCUT2D eigenvalue weighted by Crippen LogP contribution is 2.38. The molecule has 0 aromatic carbocycles. The van der Waals surface area contributed by atoms with Crippen molar-refractivity contribution in [2.75, 3.05) is 33.0 Å². The van der Waals surface area contributed by atoms with Crippen LogP contribution in [0.3, 0.4) is 0 Å². The molecule has 5 fully saturated rings. The summed E-state index contributed by atoms with van der Waals surface area (Å²) in [5.74, 6) is 0. The SMILES string of the molecule is OC[C@@H](O)[C@@H]1O[C@H](O[C@H]2[C@H](O)[C@@H](CO)O[C@H](O[C@H]3[C@@H](O)[C@H](O)[C@@H](CO)O[C@@H]3O)[C@H]2O[C@H]2O[C@H](CO)[C@@H](O)[C@H](O)[C@@H]2O[C@H]2O[C@@H]([C@H](O)CO)[C@H](O)[C@H]2O)[C@H](O)[C@H]1O. The summed E-state index contributed by atoms with van der Waals surface area (Å²) in [5, 5.41) is 176. The molecule has 5 heterocycles. The quantitative estimate of drug-likeness (QED) is 0.0728. The van der Waals surface area contributed by atoms with E-state index in [1.807, 2.05) is 0 Å². The third kappa shape index (κ3) is 9.16. The number of hydrogen-bond acceptors (Lipinski definition) is 26. The van der Waals surface area contributed by atoms with Gasteiger partial charge in [0.1, 0.15) is 122 Å². The van der Waals surface area contributed by atoms with Crippen LogP contribution in [0.25, 0.3) is 0 Å². The van der Waals surface area contributed by atoms with E-state index in [4.69, 9.17) is 42.6 Å². The summed E-state index contributed by atoms with van der Waals surface area (Å²) in [4.78, 5) is 0. The maximum atomic E-state index is 11.4. The first kappa shape index (κ1) is 46.0. The molecule has 0 amide bonds. The van der Waals surface area contributed by atoms with Gasteiger partial charge in [0.25, 0.3) is 0 Å². The molecule has 0 bridgehead atoms. The molecule has 0 radical (unpaired) electrons. The van der Waals surface area contributed by atoms with Crippen molar-refractivity contribution in [3.63, 3.8) is 0 Å². The van der Waals surface area contributed by atoms with Gasteiger partial charge in [0.05, 0.1) is 33.0 Å². The third-order valence-corrected chi connectivity index (χ3v) is 10.3. The summed E-state index contributed by atoms with van der Waals surface area (Å²) in [5.41, 5.74) is 0. The number of rotatable bonds is 15. The van der Waals surface area contributed by atoms with Crippen LogP contribution in [-0.4, -0.2) is 273 Å². The molecule has 17 N–H and O–H groups in total. The Hall–Kier alpha value is -1.04. The molecule has 0 aromatic rings. The maximum absolute atomic E-state index is 11.4. The van der Waals surface area contributed by atoms with E-state index in [1.165, 1.54) is 0 Å². The van der Waals surface area contributed by atoms with Crippen molar-refractivity contribution in [3.05, 3.63) is 0 Å². The molecule has 25 atom stereocenters. The highest BCUT2D eigenvalue weighted by molar-refractivity contribution is 5.00. The molecule has 0 aliphatic carbocycles. The fraction of sp³-hybridized carbons (Fsp3) is 1.00. The second-order valence-corrected chi connectivity index (χ2v) is 14.0. The van der Waals surface area contributed by atoms with Crippen molar-refractivity contribution in [1.29, 1.82) is 0 Å². The number of hydrogen-bond donors (Lipinski definition) is 17. The van der Waals surface area contributed by atoms with Gasteiger partial charge in [-0.2, -0.15) is 0 Å². The third-order valence-electron chi connectivity index (χ3n) is 10.3. The van der Waals surface area contributed by atoms with Gasteiger partial charge in [-0.3, -0.25) is 0 Å². The summed E-state index contributed by atoms with van der Waals surface area (Å²) in [6.45, 7) is -4.72. The van der Waals surface area contributed by atoms with E-state index in [9.17, 15) is 86.8 Å². The Labute approximate surface area is 316 Å². The van der Waals surface area contributed by atoms with Crippen LogP contribution in [0, 0.1) is 0 Å². The Morgan fingerprint density at radius 1 is 0.357 bits per heavy atom. The predicted molar refractivity (Wildman–Crippen MR) is 167 cm³/mol. The molecule has 328 valence electrons. The maximum Gasteiger partial charge on any atom is 0.187 e. The van der Waals surface area contributed by atoms with Gasteiger partial charge >= 0.3 is 0 Å². The zero-order chi connectivity index (χ0) is 41.3. The fourth-order valence-electron chi connectivity index (χ4n) is 7.01. The van der Waals surface area contributed by atoms with E-state index < -0.39 is 187 Å². The second kappa shape index (κ2) is 19.6. The van der Waals surface area contributed by atoms with Gasteiger partial charge in [-0.15, -0.1) is 0 Å². The number of ether oxygens (including phenoxy) is 9. The fourth-order valence-corrected chi connectivity index (χ4v) is 7.01. The van der Waals surface area contributed by atoms with E-state index in [2.05, 4.69) is 0 Å². The molecule has 0 spiro atoms. The molecule has 26 nitrogen and oxygen atoms in total. The standard InChI is InChI=1S/C30H52O26/c31-1-6(36)20-16(43)18(45)27(51-20)53-22-13(40)10(5-35)50-30(54-23-14(41)11(38)8(3-33)48-26(23)47)25(22)56-29-24(15(42)12(39)9(4-34)49-29)55-28-19(46)17(44)21(52-28)7(37)2-32/h6-47H,1-5H2/t6-,7-,8-,9-,10-,11-,12-,13-,14+,15+,16-,17-,18-,19-,20+,21+,22+,23+,24+,25+,26+,27-,28-,29-,30-/m1/s1. The summed E-state index contributed by atoms with van der Waals surface area (Å²) in [6.07, 6.45) is -47.8. The zero-order valence-corrected chi connectivity index (χ0v) is 29.2. The van der Waals surface area contributed by atoms with Crippen molar-refractivity contribution >= 4 is 0 Å². The molecule has 26 heteroatoms. The van der Waals surface area contributed by atoms with Crippen molar-refractivity contribution in [1.82, 2.24) is 0 Å². The highest BCUT2D eigenvalue weighted by atomic mass is 16.8. The molecule has 0 unspecified atom stereocenters. The second-order valence-electron chi connectivity index (χ2n) is 14.0. The van der Waals surface area contributed by atoms with Crippen LogP contribution >= 0.6 is 0 Å². The average molecular weight is 829 g/mol. The van der Waals surface area contributed by atoms with Crippen molar-refractivity contribution in [2.24, 2.45) is 0 Å². The number of aliphatic hydroxyl groups excluding tert-OH is 17. The monoisotopic (exact) mass is 828 g/mol. The molecule has 56 heavy (non-hydrogen) atoms. The van der Waals surface area contributed by atoms with Gasteiger partial charge in [-0.25, -0.2) is 0 Å². The lowest BCUT2D eigenvalue weighted by Crippen LogP contribution is -2.68. The Balaban J connectivity index is 1.51. The molecular weight excluding hydrogens is 776 g/mol. The number of aliphatic hydroxyl groups is 17. The lowest BCUT2D eigenvalue weighted by Gasteiger charge is -2.49. The molecule has 5 aliphatic rings. The highest BCUT2D eigenvalue weighted by Gasteiger charge is 2.58. The minimum Gasteiger partial charge on any atom is -0.394 e. The first-order chi connectivity index (χ1) is 26.5. The Bertz CT molecular complexity index is 1210. The molecule has 5 saturated heterocycles. The van der Waals surface area contributed by atoms with E-state index in [1.54, 1.807) is 0 Å². The lowest BCUT2D eigenvalue weighted by molar-refractivity contribution is -0.407. The molecule has 0 aromatic heterocycles. The Morgan fingerprint density at radius 3 is 1.20 bits per heavy atom. The minimum absolute atomic E-state index is 0.860. The minimum atomic E-state index is -2.12. The Kier molecular flexibility index (Phi) is 16.1. The Morgan fingerprint density at radius 2 is 0.732 bits per heavy atom. The van der Waals surface area contributed by atoms with Gasteiger partial charge < -0.3 is 129 Å². The van der Waals surface area contributed by atoms with Crippen LogP contribution in [0.4, 0.5) is 0 Å². The van der Waals surface area contributed by atoms with E-state index in [0.29, 0.717) is 0 Å². The van der Waals surface area contributed by atoms with Gasteiger partial charge in [0.2, 0.25) is 0 Å². The van der Waals surface area contributed by atoms with Crippen LogP contribution in [0.1, 0.15) is 0 Å². The van der Waals surface area contributed by atoms with Crippen LogP contribution in [0.15, 0.2) is 0 Å². The van der Waals surface area contributed by atoms with Crippen LogP contribution in [0.5, 0.6) is 0 Å². The van der Waals surface area contributed by atoms with E-state index >= 15 is 0 Å². The normalized spacial score (nSPS) is 51.3. The van der Waals surface area contributed by atoms with Gasteiger partial charge in [-0.1, -0.05) is 0 Å². The average Bonchev–Trinajstić information content (AvgIpc) is 3.63. The van der Waals surface area contributed by atoms with Crippen molar-refractivity contribution in [3.8, 4) is 0 Å². The molecular formula is C30H52O26. The van der Waals surface area contributed by atoms with Crippen molar-refractivity contribution < 1.29 is 129 Å². The van der Waals surface area contributed by atoms with Crippen LogP contribution in [0.2, 0.25) is 0 Å². The first-order valence-electron chi connectivity index (χ1n) is 17.6. The summed E-state index contributed by atoms with van der Waals surface area (Å²) in [6, 6.07) is 0.